The molecule has 0 fully saturated rings. The third-order valence-electron chi connectivity index (χ3n) is 4.97. The fourth-order valence-electron chi connectivity index (χ4n) is 3.88. The number of carbonyl (C=O) groups is 3. The minimum Gasteiger partial charge on any atom is -0.468 e. The fraction of sp³-hybridized carbons (Fsp3) is 0.364. The van der Waals surface area contributed by atoms with E-state index in [0.29, 0.717) is 5.39 Å². The average Bonchev–Trinajstić information content (AvgIpc) is 2.97. The molecule has 1 aliphatic rings. The maximum atomic E-state index is 13.2. The first kappa shape index (κ1) is 21.3. The molecule has 3 rings (SSSR count). The SMILES string of the molecule is COC(=O)C1=c2c(c(=O)oc3ccccc23)=C(NC(C)(C)C)C1(C(C)=O)C(=O)OC. The number of hydrogen-bond acceptors (Lipinski definition) is 8. The highest BCUT2D eigenvalue weighted by Gasteiger charge is 2.59. The van der Waals surface area contributed by atoms with E-state index in [1.54, 1.807) is 45.0 Å². The van der Waals surface area contributed by atoms with Crippen LogP contribution < -0.4 is 21.4 Å². The standard InChI is InChI=1S/C22H23NO7/c1-11(24)22(20(27)29-6)16(19(26)28-5)14-12-9-7-8-10-13(12)30-18(25)15(14)17(22)23-21(2,3)4/h7-10,23H,1-6H3. The molecular formula is C22H23NO7. The molecule has 0 saturated heterocycles. The number of fused-ring (bicyclic) bond motifs is 3. The van der Waals surface area contributed by atoms with E-state index in [2.05, 4.69) is 5.32 Å². The molecule has 30 heavy (non-hydrogen) atoms. The summed E-state index contributed by atoms with van der Waals surface area (Å²) in [6, 6.07) is 6.57. The Morgan fingerprint density at radius 3 is 2.20 bits per heavy atom. The largest absolute Gasteiger partial charge is 0.468 e. The Balaban J connectivity index is 2.77. The summed E-state index contributed by atoms with van der Waals surface area (Å²) in [5.41, 5.74) is -3.77. The van der Waals surface area contributed by atoms with Crippen molar-refractivity contribution in [2.45, 2.75) is 33.2 Å². The molecule has 0 spiro atoms. The van der Waals surface area contributed by atoms with Gasteiger partial charge in [-0.3, -0.25) is 9.59 Å². The lowest BCUT2D eigenvalue weighted by atomic mass is 9.75. The van der Waals surface area contributed by atoms with Gasteiger partial charge in [0, 0.05) is 16.1 Å². The van der Waals surface area contributed by atoms with E-state index in [0.717, 1.165) is 14.2 Å². The molecule has 0 saturated carbocycles. The summed E-state index contributed by atoms with van der Waals surface area (Å²) in [5.74, 6) is -2.61. The van der Waals surface area contributed by atoms with Gasteiger partial charge in [-0.25, -0.2) is 9.59 Å². The Morgan fingerprint density at radius 2 is 1.67 bits per heavy atom. The van der Waals surface area contributed by atoms with E-state index in [9.17, 15) is 19.2 Å². The van der Waals surface area contributed by atoms with Crippen LogP contribution in [-0.4, -0.2) is 37.5 Å². The number of methoxy groups -OCH3 is 2. The number of ketones is 1. The highest BCUT2D eigenvalue weighted by molar-refractivity contribution is 6.33. The molecule has 8 heteroatoms. The van der Waals surface area contributed by atoms with Crippen LogP contribution in [0.5, 0.6) is 0 Å². The van der Waals surface area contributed by atoms with Crippen LogP contribution in [-0.2, 0) is 23.9 Å². The van der Waals surface area contributed by atoms with Gasteiger partial charge < -0.3 is 19.2 Å². The number of nitrogens with one attached hydrogen (secondary N) is 1. The van der Waals surface area contributed by atoms with E-state index in [4.69, 9.17) is 13.9 Å². The van der Waals surface area contributed by atoms with Crippen LogP contribution in [0, 0.1) is 5.41 Å². The van der Waals surface area contributed by atoms with Crippen molar-refractivity contribution >= 4 is 40.0 Å². The van der Waals surface area contributed by atoms with Crippen molar-refractivity contribution in [3.05, 3.63) is 45.1 Å². The van der Waals surface area contributed by atoms with Gasteiger partial charge in [-0.15, -0.1) is 0 Å². The zero-order chi connectivity index (χ0) is 22.4. The minimum absolute atomic E-state index is 0.0516. The summed E-state index contributed by atoms with van der Waals surface area (Å²) in [5, 5.41) is 3.54. The maximum absolute atomic E-state index is 13.2. The van der Waals surface area contributed by atoms with E-state index < -0.39 is 34.3 Å². The Bertz CT molecular complexity index is 1260. The molecule has 1 unspecified atom stereocenters. The Hall–Kier alpha value is -3.42. The Morgan fingerprint density at radius 1 is 1.03 bits per heavy atom. The number of ether oxygens (including phenoxy) is 2. The predicted molar refractivity (Wildman–Crippen MR) is 109 cm³/mol. The lowest BCUT2D eigenvalue weighted by molar-refractivity contribution is -0.152. The number of benzene rings is 1. The summed E-state index contributed by atoms with van der Waals surface area (Å²) in [7, 11) is 2.25. The van der Waals surface area contributed by atoms with Crippen LogP contribution in [0.3, 0.4) is 0 Å². The second kappa shape index (κ2) is 7.12. The topological polar surface area (TPSA) is 112 Å². The molecule has 0 aliphatic heterocycles. The summed E-state index contributed by atoms with van der Waals surface area (Å²) in [4.78, 5) is 52.3. The maximum Gasteiger partial charge on any atom is 0.346 e. The Kier molecular flexibility index (Phi) is 5.06. The zero-order valence-electron chi connectivity index (χ0n) is 17.7. The number of esters is 2. The first-order chi connectivity index (χ1) is 14.0. The van der Waals surface area contributed by atoms with Crippen molar-refractivity contribution in [3.63, 3.8) is 0 Å². The summed E-state index contributed by atoms with van der Waals surface area (Å²) in [6.07, 6.45) is 0. The number of Topliss-reactive ketones (excluding diaryl/α,β-unsaturated/α-hetero) is 1. The number of carbonyl (C=O) groups excluding carboxylic acids is 3. The second-order valence-corrected chi connectivity index (χ2v) is 8.05. The molecule has 158 valence electrons. The highest BCUT2D eigenvalue weighted by Crippen LogP contribution is 2.41. The van der Waals surface area contributed by atoms with Crippen molar-refractivity contribution in [2.75, 3.05) is 14.2 Å². The lowest BCUT2D eigenvalue weighted by Crippen LogP contribution is -2.51. The average molecular weight is 413 g/mol. The smallest absolute Gasteiger partial charge is 0.346 e. The quantitative estimate of drug-likeness (QED) is 0.435. The molecule has 1 aliphatic carbocycles. The van der Waals surface area contributed by atoms with Crippen LogP contribution in [0.25, 0.3) is 22.2 Å². The summed E-state index contributed by atoms with van der Waals surface area (Å²) < 4.78 is 15.4. The third-order valence-corrected chi connectivity index (χ3v) is 4.97. The van der Waals surface area contributed by atoms with E-state index in [1.807, 2.05) is 0 Å². The first-order valence-corrected chi connectivity index (χ1v) is 9.28. The molecule has 1 N–H and O–H groups in total. The van der Waals surface area contributed by atoms with Gasteiger partial charge in [0.1, 0.15) is 5.58 Å². The van der Waals surface area contributed by atoms with Crippen molar-refractivity contribution in [1.82, 2.24) is 5.32 Å². The monoisotopic (exact) mass is 413 g/mol. The summed E-state index contributed by atoms with van der Waals surface area (Å²) >= 11 is 0. The van der Waals surface area contributed by atoms with E-state index in [1.165, 1.54) is 6.92 Å². The van der Waals surface area contributed by atoms with Crippen LogP contribution in [0.1, 0.15) is 27.7 Å². The predicted octanol–water partition coefficient (Wildman–Crippen LogP) is 0.375. The normalized spacial score (nSPS) is 18.2. The molecule has 0 amide bonds. The van der Waals surface area contributed by atoms with Gasteiger partial charge in [-0.05, 0) is 33.8 Å². The van der Waals surface area contributed by atoms with Gasteiger partial charge in [0.05, 0.1) is 30.7 Å². The van der Waals surface area contributed by atoms with Crippen LogP contribution in [0.2, 0.25) is 0 Å². The molecule has 1 aromatic heterocycles. The van der Waals surface area contributed by atoms with Crippen molar-refractivity contribution in [3.8, 4) is 0 Å². The van der Waals surface area contributed by atoms with Crippen molar-refractivity contribution in [1.29, 1.82) is 0 Å². The number of para-hydroxylation sites is 1. The zero-order valence-corrected chi connectivity index (χ0v) is 17.7. The minimum atomic E-state index is -2.20. The molecule has 1 heterocycles. The van der Waals surface area contributed by atoms with Gasteiger partial charge >= 0.3 is 17.6 Å². The van der Waals surface area contributed by atoms with Gasteiger partial charge in [0.2, 0.25) is 0 Å². The van der Waals surface area contributed by atoms with Crippen LogP contribution in [0.15, 0.2) is 33.5 Å². The lowest BCUT2D eigenvalue weighted by Gasteiger charge is -2.34. The van der Waals surface area contributed by atoms with Crippen LogP contribution >= 0.6 is 0 Å². The van der Waals surface area contributed by atoms with Crippen LogP contribution in [0.4, 0.5) is 0 Å². The molecular weight excluding hydrogens is 390 g/mol. The van der Waals surface area contributed by atoms with Gasteiger partial charge in [0.25, 0.3) is 0 Å². The molecule has 1 aromatic carbocycles. The van der Waals surface area contributed by atoms with Gasteiger partial charge in [-0.1, -0.05) is 18.2 Å². The van der Waals surface area contributed by atoms with E-state index >= 15 is 0 Å². The number of hydrogen-bond donors (Lipinski definition) is 1. The third kappa shape index (κ3) is 2.91. The number of rotatable bonds is 4. The van der Waals surface area contributed by atoms with Gasteiger partial charge in [-0.2, -0.15) is 0 Å². The highest BCUT2D eigenvalue weighted by atomic mass is 16.5. The molecule has 1 atom stereocenters. The molecule has 0 radical (unpaired) electrons. The molecule has 0 bridgehead atoms. The van der Waals surface area contributed by atoms with E-state index in [-0.39, 0.29) is 27.3 Å². The molecule has 8 nitrogen and oxygen atoms in total. The fourth-order valence-corrected chi connectivity index (χ4v) is 3.88. The van der Waals surface area contributed by atoms with Crippen molar-refractivity contribution < 1.29 is 28.3 Å². The second-order valence-electron chi connectivity index (χ2n) is 8.05. The van der Waals surface area contributed by atoms with Gasteiger partial charge in [0.15, 0.2) is 11.2 Å². The summed E-state index contributed by atoms with van der Waals surface area (Å²) in [6.45, 7) is 6.54. The molecule has 2 aromatic rings. The van der Waals surface area contributed by atoms with Crippen molar-refractivity contribution in [2.24, 2.45) is 5.41 Å². The Labute approximate surface area is 172 Å². The first-order valence-electron chi connectivity index (χ1n) is 9.28.